The van der Waals surface area contributed by atoms with Crippen molar-refractivity contribution in [1.29, 1.82) is 0 Å². The summed E-state index contributed by atoms with van der Waals surface area (Å²) in [4.78, 5) is 59.1. The zero-order valence-corrected chi connectivity index (χ0v) is 22.5. The Hall–Kier alpha value is -2.52. The molecular weight excluding hydrogens is 606 g/mol. The van der Waals surface area contributed by atoms with Crippen LogP contribution in [0.25, 0.3) is 10.4 Å². The van der Waals surface area contributed by atoms with Crippen LogP contribution < -0.4 is 16.6 Å². The van der Waals surface area contributed by atoms with Crippen LogP contribution in [0.4, 0.5) is 0 Å². The largest absolute Gasteiger partial charge is 0.483 e. The highest BCUT2D eigenvalue weighted by molar-refractivity contribution is 7.61. The van der Waals surface area contributed by atoms with E-state index in [1.54, 1.807) is 0 Å². The fourth-order valence-electron chi connectivity index (χ4n) is 3.87. The molecule has 0 spiro atoms. The quantitative estimate of drug-likeness (QED) is 0.0511. The van der Waals surface area contributed by atoms with Crippen LogP contribution in [0, 0.1) is 0 Å². The number of phosphoric acid groups is 2. The summed E-state index contributed by atoms with van der Waals surface area (Å²) in [5.74, 6) is -0.809. The lowest BCUT2D eigenvalue weighted by atomic mass is 9.97. The number of carbonyl (C=O) groups excluding carboxylic acids is 1. The van der Waals surface area contributed by atoms with E-state index in [-0.39, 0.29) is 0 Å². The first-order valence-corrected chi connectivity index (χ1v) is 14.4. The van der Waals surface area contributed by atoms with Gasteiger partial charge in [0.2, 0.25) is 5.91 Å². The van der Waals surface area contributed by atoms with E-state index >= 15 is 0 Å². The number of hydrogen-bond donors (Lipinski definition) is 8. The molecule has 11 atom stereocenters. The average Bonchev–Trinajstić information content (AvgIpc) is 3.14. The van der Waals surface area contributed by atoms with Crippen molar-refractivity contribution in [3.63, 3.8) is 0 Å². The summed E-state index contributed by atoms with van der Waals surface area (Å²) in [6, 6.07) is -0.794. The summed E-state index contributed by atoms with van der Waals surface area (Å²) in [5.41, 5.74) is 6.72. The number of amides is 1. The van der Waals surface area contributed by atoms with Gasteiger partial charge in [0.25, 0.3) is 5.56 Å². The maximum atomic E-state index is 12.5. The van der Waals surface area contributed by atoms with Gasteiger partial charge in [-0.1, -0.05) is 5.11 Å². The molecule has 24 heteroatoms. The number of ether oxygens (including phenoxy) is 2. The second-order valence-corrected chi connectivity index (χ2v) is 11.6. The zero-order valence-electron chi connectivity index (χ0n) is 20.7. The van der Waals surface area contributed by atoms with E-state index in [9.17, 15) is 53.7 Å². The summed E-state index contributed by atoms with van der Waals surface area (Å²) in [7, 11) is -11.2. The van der Waals surface area contributed by atoms with Crippen molar-refractivity contribution in [3.8, 4) is 0 Å². The summed E-state index contributed by atoms with van der Waals surface area (Å²) >= 11 is 0. The van der Waals surface area contributed by atoms with Gasteiger partial charge in [-0.15, -0.1) is 0 Å². The third-order valence-electron chi connectivity index (χ3n) is 5.70. The number of nitrogens with zero attached hydrogens (tertiary/aromatic N) is 4. The second-order valence-electron chi connectivity index (χ2n) is 8.65. The Morgan fingerprint density at radius 3 is 2.39 bits per heavy atom. The van der Waals surface area contributed by atoms with Gasteiger partial charge in [-0.3, -0.25) is 28.2 Å². The highest BCUT2D eigenvalue weighted by Gasteiger charge is 2.50. The van der Waals surface area contributed by atoms with Gasteiger partial charge in [-0.25, -0.2) is 13.9 Å². The molecule has 3 rings (SSSR count). The number of hydrogen-bond acceptors (Lipinski definition) is 15. The van der Waals surface area contributed by atoms with Crippen LogP contribution in [-0.2, 0) is 36.8 Å². The number of carbonyl (C=O) groups is 1. The molecule has 1 amide bonds. The van der Waals surface area contributed by atoms with Gasteiger partial charge in [0.15, 0.2) is 12.5 Å². The van der Waals surface area contributed by atoms with Crippen LogP contribution in [0.5, 0.6) is 0 Å². The SMILES string of the molecule is CC(=O)N[C@H]1[C@@H](OP(=O)(O)OP(=O)(O)OC[C@H]2O[C@@H](n3ccc(=O)[nH]c3=O)[C@H](O)[C@@H]2O)O[C@H](CN=[N+]=[N-])[C@@H](O)[C@@H]1O. The number of aliphatic hydroxyl groups excluding tert-OH is 4. The molecule has 2 unspecified atom stereocenters. The number of aromatic amines is 1. The number of nitrogens with one attached hydrogen (secondary N) is 2. The van der Waals surface area contributed by atoms with E-state index in [4.69, 9.17) is 19.5 Å². The molecule has 2 aliphatic heterocycles. The van der Waals surface area contributed by atoms with E-state index in [1.165, 1.54) is 0 Å². The molecule has 2 fully saturated rings. The van der Waals surface area contributed by atoms with Crippen molar-refractivity contribution in [1.82, 2.24) is 14.9 Å². The minimum absolute atomic E-state index is 0.596. The van der Waals surface area contributed by atoms with E-state index in [0.717, 1.165) is 23.8 Å². The second kappa shape index (κ2) is 13.2. The van der Waals surface area contributed by atoms with Crippen molar-refractivity contribution in [3.05, 3.63) is 43.5 Å². The first kappa shape index (κ1) is 33.0. The normalized spacial score (nSPS) is 34.7. The number of aliphatic hydroxyl groups is 4. The van der Waals surface area contributed by atoms with Crippen LogP contribution in [0.1, 0.15) is 13.2 Å². The smallest absolute Gasteiger partial charge is 0.388 e. The van der Waals surface area contributed by atoms with E-state index in [2.05, 4.69) is 24.2 Å². The summed E-state index contributed by atoms with van der Waals surface area (Å²) < 4.78 is 49.6. The lowest BCUT2D eigenvalue weighted by Gasteiger charge is -2.42. The van der Waals surface area contributed by atoms with Crippen molar-refractivity contribution in [2.75, 3.05) is 13.2 Å². The van der Waals surface area contributed by atoms with Crippen molar-refractivity contribution < 1.29 is 67.0 Å². The Kier molecular flexibility index (Phi) is 10.6. The van der Waals surface area contributed by atoms with Crippen LogP contribution in [0.3, 0.4) is 0 Å². The Balaban J connectivity index is 1.68. The molecule has 2 saturated heterocycles. The zero-order chi connectivity index (χ0) is 30.7. The van der Waals surface area contributed by atoms with Gasteiger partial charge < -0.3 is 45.0 Å². The van der Waals surface area contributed by atoms with E-state index < -0.39 is 101 Å². The van der Waals surface area contributed by atoms with Crippen LogP contribution in [0.15, 0.2) is 27.0 Å². The highest BCUT2D eigenvalue weighted by atomic mass is 31.3. The molecule has 1 aromatic rings. The van der Waals surface area contributed by atoms with Gasteiger partial charge in [0.1, 0.15) is 36.6 Å². The Morgan fingerprint density at radius 2 is 1.78 bits per heavy atom. The molecule has 230 valence electrons. The molecule has 2 aliphatic rings. The summed E-state index contributed by atoms with van der Waals surface area (Å²) in [6.07, 6.45) is -13.1. The molecule has 1 aromatic heterocycles. The predicted molar refractivity (Wildman–Crippen MR) is 127 cm³/mol. The maximum Gasteiger partial charge on any atom is 0.483 e. The van der Waals surface area contributed by atoms with Crippen LogP contribution in [-0.4, -0.2) is 108 Å². The molecule has 0 bridgehead atoms. The Bertz CT molecular complexity index is 1370. The fourth-order valence-corrected chi connectivity index (χ4v) is 6.04. The maximum absolute atomic E-state index is 12.5. The first-order chi connectivity index (χ1) is 19.0. The molecular formula is C17H26N6O16P2. The molecule has 22 nitrogen and oxygen atoms in total. The summed E-state index contributed by atoms with van der Waals surface area (Å²) in [5, 5.41) is 46.2. The van der Waals surface area contributed by atoms with E-state index in [0.29, 0.717) is 0 Å². The molecule has 0 aliphatic carbocycles. The lowest BCUT2D eigenvalue weighted by Crippen LogP contribution is -2.64. The number of azide groups is 1. The van der Waals surface area contributed by atoms with Crippen LogP contribution >= 0.6 is 15.6 Å². The monoisotopic (exact) mass is 632 g/mol. The first-order valence-electron chi connectivity index (χ1n) is 11.4. The number of rotatable bonds is 11. The molecule has 41 heavy (non-hydrogen) atoms. The minimum Gasteiger partial charge on any atom is -0.388 e. The van der Waals surface area contributed by atoms with Crippen molar-refractivity contribution in [2.24, 2.45) is 5.11 Å². The standard InChI is InChI=1S/C17H26N6O16P2/c1-6(24)20-10-13(28)11(26)7(4-19-22-18)37-16(10)38-41(33,34)39-40(31,32)35-5-8-12(27)14(29)15(36-8)23-3-2-9(25)21-17(23)30/h2-3,7-8,10-16,26-29H,4-5H2,1H3,(H,20,24)(H,31,32)(H,33,34)(H,21,25,30)/t7-,8-,10-,11-,12-,13-,14-,15-,16-/m1/s1. The van der Waals surface area contributed by atoms with E-state index in [1.807, 2.05) is 4.98 Å². The molecule has 0 radical (unpaired) electrons. The molecule has 0 aromatic carbocycles. The predicted octanol–water partition coefficient (Wildman–Crippen LogP) is -3.33. The Labute approximate surface area is 227 Å². The molecule has 8 N–H and O–H groups in total. The van der Waals surface area contributed by atoms with Gasteiger partial charge in [0.05, 0.1) is 19.3 Å². The highest BCUT2D eigenvalue weighted by Crippen LogP contribution is 2.61. The van der Waals surface area contributed by atoms with Gasteiger partial charge >= 0.3 is 21.3 Å². The number of aromatic nitrogens is 2. The van der Waals surface area contributed by atoms with Crippen LogP contribution in [0.2, 0.25) is 0 Å². The third kappa shape index (κ3) is 8.28. The minimum atomic E-state index is -5.66. The average molecular weight is 632 g/mol. The molecule has 0 saturated carbocycles. The number of H-pyrrole nitrogens is 1. The van der Waals surface area contributed by atoms with Gasteiger partial charge in [-0.05, 0) is 5.53 Å². The Morgan fingerprint density at radius 1 is 1.12 bits per heavy atom. The third-order valence-corrected chi connectivity index (χ3v) is 8.30. The fraction of sp³-hybridized carbons (Fsp3) is 0.706. The van der Waals surface area contributed by atoms with Crippen molar-refractivity contribution in [2.45, 2.75) is 62.1 Å². The van der Waals surface area contributed by atoms with Gasteiger partial charge in [-0.2, -0.15) is 4.31 Å². The topological polar surface area (TPSA) is 334 Å². The molecule has 3 heterocycles. The lowest BCUT2D eigenvalue weighted by molar-refractivity contribution is -0.238. The van der Waals surface area contributed by atoms with Gasteiger partial charge in [0, 0.05) is 24.1 Å². The van der Waals surface area contributed by atoms with Crippen molar-refractivity contribution >= 4 is 21.6 Å². The summed E-state index contributed by atoms with van der Waals surface area (Å²) in [6.45, 7) is -0.656. The number of phosphoric ester groups is 2.